The van der Waals surface area contributed by atoms with Gasteiger partial charge in [0.25, 0.3) is 0 Å². The summed E-state index contributed by atoms with van der Waals surface area (Å²) in [5, 5.41) is 1.35. The highest BCUT2D eigenvalue weighted by Crippen LogP contribution is 2.37. The molecular formula is C13H7Cl3N2O. The molecule has 19 heavy (non-hydrogen) atoms. The number of nitrogens with two attached hydrogens (primary N) is 1. The second-order valence-electron chi connectivity index (χ2n) is 3.96. The molecule has 3 nitrogen and oxygen atoms in total. The van der Waals surface area contributed by atoms with Crippen LogP contribution in [0.1, 0.15) is 0 Å². The van der Waals surface area contributed by atoms with E-state index in [4.69, 9.17) is 45.0 Å². The van der Waals surface area contributed by atoms with Gasteiger partial charge in [-0.3, -0.25) is 0 Å². The molecule has 96 valence electrons. The van der Waals surface area contributed by atoms with Crippen molar-refractivity contribution in [2.45, 2.75) is 0 Å². The maximum Gasteiger partial charge on any atom is 0.231 e. The van der Waals surface area contributed by atoms with Gasteiger partial charge in [-0.1, -0.05) is 40.9 Å². The van der Waals surface area contributed by atoms with Crippen molar-refractivity contribution < 1.29 is 4.42 Å². The molecule has 2 aromatic carbocycles. The zero-order valence-corrected chi connectivity index (χ0v) is 11.7. The summed E-state index contributed by atoms with van der Waals surface area (Å²) in [4.78, 5) is 4.33. The van der Waals surface area contributed by atoms with Crippen molar-refractivity contribution in [2.24, 2.45) is 0 Å². The van der Waals surface area contributed by atoms with Crippen LogP contribution in [0.2, 0.25) is 15.1 Å². The topological polar surface area (TPSA) is 52.0 Å². The number of hydrogen-bond acceptors (Lipinski definition) is 3. The minimum atomic E-state index is 0.322. The summed E-state index contributed by atoms with van der Waals surface area (Å²) >= 11 is 18.1. The number of nitrogen functional groups attached to an aromatic ring is 1. The van der Waals surface area contributed by atoms with E-state index in [9.17, 15) is 0 Å². The lowest BCUT2D eigenvalue weighted by Gasteiger charge is -2.02. The predicted octanol–water partition coefficient (Wildman–Crippen LogP) is 5.04. The molecule has 0 atom stereocenters. The molecule has 0 bridgehead atoms. The molecule has 0 saturated heterocycles. The average molecular weight is 314 g/mol. The molecule has 6 heteroatoms. The second kappa shape index (κ2) is 4.60. The fourth-order valence-corrected chi connectivity index (χ4v) is 2.62. The predicted molar refractivity (Wildman–Crippen MR) is 78.9 cm³/mol. The van der Waals surface area contributed by atoms with Crippen molar-refractivity contribution in [3.05, 3.63) is 45.4 Å². The Morgan fingerprint density at radius 3 is 2.58 bits per heavy atom. The number of fused-ring (bicyclic) bond motifs is 1. The van der Waals surface area contributed by atoms with E-state index in [-0.39, 0.29) is 0 Å². The lowest BCUT2D eigenvalue weighted by molar-refractivity contribution is 0.620. The van der Waals surface area contributed by atoms with Crippen molar-refractivity contribution in [2.75, 3.05) is 5.73 Å². The number of rotatable bonds is 1. The van der Waals surface area contributed by atoms with Crippen LogP contribution in [0, 0.1) is 0 Å². The van der Waals surface area contributed by atoms with Crippen LogP contribution in [0.4, 0.5) is 5.69 Å². The molecule has 3 rings (SSSR count). The summed E-state index contributed by atoms with van der Waals surface area (Å²) in [5.41, 5.74) is 7.96. The Balaban J connectivity index is 2.30. The van der Waals surface area contributed by atoms with Crippen molar-refractivity contribution in [1.29, 1.82) is 0 Å². The average Bonchev–Trinajstić information content (AvgIpc) is 2.72. The summed E-state index contributed by atoms with van der Waals surface area (Å²) in [7, 11) is 0. The minimum absolute atomic E-state index is 0.322. The largest absolute Gasteiger partial charge is 0.434 e. The summed E-state index contributed by atoms with van der Waals surface area (Å²) in [5.74, 6) is 0.322. The standard InChI is InChI=1S/C13H7Cl3N2O/c14-6-4-8(16)12-10(5-6)18-13(19-12)11-7(15)2-1-3-9(11)17/h1-5H,17H2. The van der Waals surface area contributed by atoms with E-state index in [0.29, 0.717) is 43.3 Å². The molecule has 0 saturated carbocycles. The Bertz CT molecular complexity index is 763. The molecule has 0 amide bonds. The van der Waals surface area contributed by atoms with Gasteiger partial charge in [0.2, 0.25) is 5.89 Å². The Hall–Kier alpha value is -1.42. The number of aromatic nitrogens is 1. The zero-order valence-electron chi connectivity index (χ0n) is 9.45. The monoisotopic (exact) mass is 312 g/mol. The van der Waals surface area contributed by atoms with Gasteiger partial charge >= 0.3 is 0 Å². The van der Waals surface area contributed by atoms with Gasteiger partial charge in [-0.05, 0) is 24.3 Å². The number of oxazole rings is 1. The Morgan fingerprint density at radius 1 is 1.05 bits per heavy atom. The summed E-state index contributed by atoms with van der Waals surface area (Å²) < 4.78 is 5.64. The molecule has 0 radical (unpaired) electrons. The first-order valence-corrected chi connectivity index (χ1v) is 6.49. The first-order chi connectivity index (χ1) is 9.06. The number of hydrogen-bond donors (Lipinski definition) is 1. The van der Waals surface area contributed by atoms with Crippen molar-refractivity contribution >= 4 is 51.6 Å². The van der Waals surface area contributed by atoms with Gasteiger partial charge in [-0.15, -0.1) is 0 Å². The van der Waals surface area contributed by atoms with Gasteiger partial charge in [-0.2, -0.15) is 0 Å². The highest BCUT2D eigenvalue weighted by molar-refractivity contribution is 6.38. The van der Waals surface area contributed by atoms with E-state index >= 15 is 0 Å². The Kier molecular flexibility index (Phi) is 3.05. The van der Waals surface area contributed by atoms with Crippen LogP contribution in [-0.2, 0) is 0 Å². The SMILES string of the molecule is Nc1cccc(Cl)c1-c1nc2cc(Cl)cc(Cl)c2o1. The second-order valence-corrected chi connectivity index (χ2v) is 5.21. The maximum atomic E-state index is 6.12. The van der Waals surface area contributed by atoms with Gasteiger partial charge in [0.15, 0.2) is 5.58 Å². The van der Waals surface area contributed by atoms with Gasteiger partial charge in [0.05, 0.1) is 15.6 Å². The molecule has 0 aliphatic carbocycles. The van der Waals surface area contributed by atoms with Crippen LogP contribution < -0.4 is 5.73 Å². The normalized spacial score (nSPS) is 11.1. The van der Waals surface area contributed by atoms with Crippen LogP contribution in [-0.4, -0.2) is 4.98 Å². The molecular weight excluding hydrogens is 307 g/mol. The van der Waals surface area contributed by atoms with Crippen molar-refractivity contribution in [3.63, 3.8) is 0 Å². The summed E-state index contributed by atoms with van der Waals surface area (Å²) in [6, 6.07) is 8.47. The lowest BCUT2D eigenvalue weighted by Crippen LogP contribution is -1.90. The molecule has 1 heterocycles. The molecule has 0 unspecified atom stereocenters. The zero-order chi connectivity index (χ0) is 13.6. The van der Waals surface area contributed by atoms with Gasteiger partial charge in [0, 0.05) is 10.7 Å². The lowest BCUT2D eigenvalue weighted by atomic mass is 10.2. The molecule has 0 spiro atoms. The highest BCUT2D eigenvalue weighted by atomic mass is 35.5. The van der Waals surface area contributed by atoms with E-state index in [2.05, 4.69) is 4.98 Å². The third-order valence-electron chi connectivity index (χ3n) is 2.67. The van der Waals surface area contributed by atoms with Gasteiger partial charge in [-0.25, -0.2) is 4.98 Å². The summed E-state index contributed by atoms with van der Waals surface area (Å²) in [6.07, 6.45) is 0. The van der Waals surface area contributed by atoms with Crippen LogP contribution in [0.3, 0.4) is 0 Å². The smallest absolute Gasteiger partial charge is 0.231 e. The van der Waals surface area contributed by atoms with Crippen LogP contribution in [0.5, 0.6) is 0 Å². The Morgan fingerprint density at radius 2 is 1.84 bits per heavy atom. The molecule has 3 aromatic rings. The quantitative estimate of drug-likeness (QED) is 0.640. The van der Waals surface area contributed by atoms with Crippen LogP contribution in [0.15, 0.2) is 34.7 Å². The third-order valence-corrected chi connectivity index (χ3v) is 3.48. The molecule has 1 aromatic heterocycles. The fourth-order valence-electron chi connectivity index (χ4n) is 1.83. The van der Waals surface area contributed by atoms with Crippen LogP contribution in [0.25, 0.3) is 22.6 Å². The van der Waals surface area contributed by atoms with E-state index in [1.54, 1.807) is 30.3 Å². The minimum Gasteiger partial charge on any atom is -0.434 e. The number of anilines is 1. The fraction of sp³-hybridized carbons (Fsp3) is 0. The number of nitrogens with zero attached hydrogens (tertiary/aromatic N) is 1. The van der Waals surface area contributed by atoms with E-state index in [1.165, 1.54) is 0 Å². The summed E-state index contributed by atoms with van der Waals surface area (Å²) in [6.45, 7) is 0. The van der Waals surface area contributed by atoms with Gasteiger partial charge in [0.1, 0.15) is 5.52 Å². The van der Waals surface area contributed by atoms with E-state index in [0.717, 1.165) is 0 Å². The van der Waals surface area contributed by atoms with Crippen molar-refractivity contribution in [3.8, 4) is 11.5 Å². The first-order valence-electron chi connectivity index (χ1n) is 5.36. The number of halogens is 3. The Labute approximate surface area is 123 Å². The molecule has 0 fully saturated rings. The number of benzene rings is 2. The molecule has 2 N–H and O–H groups in total. The third kappa shape index (κ3) is 2.14. The van der Waals surface area contributed by atoms with Crippen LogP contribution >= 0.6 is 34.8 Å². The highest BCUT2D eigenvalue weighted by Gasteiger charge is 2.16. The maximum absolute atomic E-state index is 6.12. The van der Waals surface area contributed by atoms with Gasteiger partial charge < -0.3 is 10.2 Å². The molecule has 0 aliphatic rings. The van der Waals surface area contributed by atoms with Crippen molar-refractivity contribution in [1.82, 2.24) is 4.98 Å². The van der Waals surface area contributed by atoms with E-state index in [1.807, 2.05) is 0 Å². The first kappa shape index (κ1) is 12.6. The van der Waals surface area contributed by atoms with E-state index < -0.39 is 0 Å². The molecule has 0 aliphatic heterocycles.